The first-order valence-corrected chi connectivity index (χ1v) is 5.89. The van der Waals surface area contributed by atoms with Crippen LogP contribution in [0, 0.1) is 0 Å². The molecule has 6 nitrogen and oxygen atoms in total. The number of thioether (sulfide) groups is 1. The number of rotatable bonds is 2. The minimum Gasteiger partial charge on any atom is -0.354 e. The van der Waals surface area contributed by atoms with E-state index < -0.39 is 17.5 Å². The minimum absolute atomic E-state index is 0.0544. The van der Waals surface area contributed by atoms with Crippen LogP contribution in [0.3, 0.4) is 0 Å². The highest BCUT2D eigenvalue weighted by molar-refractivity contribution is 8.03. The maximum Gasteiger partial charge on any atom is 0.274 e. The van der Waals surface area contributed by atoms with Gasteiger partial charge >= 0.3 is 0 Å². The van der Waals surface area contributed by atoms with Gasteiger partial charge in [-0.15, -0.1) is 11.8 Å². The molecule has 0 aromatic carbocycles. The molecule has 0 saturated heterocycles. The average molecular weight is 252 g/mol. The molecule has 1 N–H and O–H groups in total. The van der Waals surface area contributed by atoms with E-state index >= 15 is 0 Å². The molecule has 1 aromatic heterocycles. The highest BCUT2D eigenvalue weighted by Gasteiger charge is 2.35. The minimum atomic E-state index is -0.557. The van der Waals surface area contributed by atoms with E-state index in [9.17, 15) is 14.4 Å². The first-order chi connectivity index (χ1) is 8.10. The fourth-order valence-electron chi connectivity index (χ4n) is 1.47. The molecule has 0 fully saturated rings. The van der Waals surface area contributed by atoms with Crippen molar-refractivity contribution >= 4 is 29.2 Å². The average Bonchev–Trinajstić information content (AvgIpc) is 2.78. The Morgan fingerprint density at radius 1 is 1.47 bits per heavy atom. The third kappa shape index (κ3) is 1.68. The molecule has 0 atom stereocenters. The molecule has 1 amide bonds. The van der Waals surface area contributed by atoms with Crippen LogP contribution in [-0.2, 0) is 0 Å². The van der Waals surface area contributed by atoms with E-state index in [1.54, 1.807) is 6.26 Å². The van der Waals surface area contributed by atoms with Crippen LogP contribution in [0.2, 0.25) is 0 Å². The Balaban J connectivity index is 2.60. The molecule has 0 aliphatic heterocycles. The van der Waals surface area contributed by atoms with E-state index in [2.05, 4.69) is 10.5 Å². The van der Waals surface area contributed by atoms with Gasteiger partial charge in [0.05, 0.1) is 4.91 Å². The molecular weight excluding hydrogens is 244 g/mol. The fourth-order valence-corrected chi connectivity index (χ4v) is 1.98. The van der Waals surface area contributed by atoms with Gasteiger partial charge in [-0.25, -0.2) is 0 Å². The second-order valence-electron chi connectivity index (χ2n) is 3.22. The molecule has 7 heteroatoms. The topological polar surface area (TPSA) is 89.3 Å². The predicted octanol–water partition coefficient (Wildman–Crippen LogP) is 0.660. The first kappa shape index (κ1) is 11.6. The lowest BCUT2D eigenvalue weighted by molar-refractivity contribution is 0.0944. The van der Waals surface area contributed by atoms with Crippen molar-refractivity contribution in [1.29, 1.82) is 0 Å². The van der Waals surface area contributed by atoms with Gasteiger partial charge in [-0.2, -0.15) is 0 Å². The van der Waals surface area contributed by atoms with Gasteiger partial charge in [0.15, 0.2) is 5.69 Å². The van der Waals surface area contributed by atoms with Gasteiger partial charge in [-0.05, 0) is 6.26 Å². The molecule has 1 aliphatic carbocycles. The summed E-state index contributed by atoms with van der Waals surface area (Å²) in [7, 11) is 1.41. The normalized spacial score (nSPS) is 14.4. The maximum absolute atomic E-state index is 12.0. The Hall–Kier alpha value is -1.89. The Morgan fingerprint density at radius 3 is 2.76 bits per heavy atom. The zero-order chi connectivity index (χ0) is 12.6. The lowest BCUT2D eigenvalue weighted by Gasteiger charge is -2.07. The van der Waals surface area contributed by atoms with Crippen molar-refractivity contribution in [2.24, 2.45) is 0 Å². The molecule has 0 unspecified atom stereocenters. The standard InChI is InChI=1S/C10H8N2O4S/c1-11-10(15)7-6-8(14)5(17-2)3-4(13)9(6)16-12-7/h3H,1-2H3,(H,11,15). The fraction of sp³-hybridized carbons (Fsp3) is 0.200. The van der Waals surface area contributed by atoms with Gasteiger partial charge in [0.25, 0.3) is 5.91 Å². The largest absolute Gasteiger partial charge is 0.354 e. The molecule has 88 valence electrons. The number of aromatic nitrogens is 1. The van der Waals surface area contributed by atoms with Gasteiger partial charge in [0.1, 0.15) is 5.56 Å². The monoisotopic (exact) mass is 252 g/mol. The van der Waals surface area contributed by atoms with Crippen LogP contribution in [0.25, 0.3) is 0 Å². The molecule has 0 spiro atoms. The number of allylic oxidation sites excluding steroid dienone is 2. The quantitative estimate of drug-likeness (QED) is 0.831. The summed E-state index contributed by atoms with van der Waals surface area (Å²) in [6, 6.07) is 0. The van der Waals surface area contributed by atoms with Crippen LogP contribution in [-0.4, -0.2) is 35.9 Å². The van der Waals surface area contributed by atoms with Gasteiger partial charge in [0, 0.05) is 13.1 Å². The molecule has 0 radical (unpaired) electrons. The second-order valence-corrected chi connectivity index (χ2v) is 4.07. The van der Waals surface area contributed by atoms with Crippen molar-refractivity contribution in [2.75, 3.05) is 13.3 Å². The zero-order valence-corrected chi connectivity index (χ0v) is 9.88. The first-order valence-electron chi connectivity index (χ1n) is 4.66. The van der Waals surface area contributed by atoms with Crippen molar-refractivity contribution in [3.05, 3.63) is 28.0 Å². The van der Waals surface area contributed by atoms with Crippen molar-refractivity contribution in [2.45, 2.75) is 0 Å². The summed E-state index contributed by atoms with van der Waals surface area (Å²) in [5.41, 5.74) is -0.207. The summed E-state index contributed by atoms with van der Waals surface area (Å²) >= 11 is 1.14. The molecule has 1 aliphatic rings. The number of carbonyl (C=O) groups excluding carboxylic acids is 3. The van der Waals surface area contributed by atoms with Crippen molar-refractivity contribution in [3.8, 4) is 0 Å². The number of nitrogens with zero attached hydrogens (tertiary/aromatic N) is 1. The third-order valence-electron chi connectivity index (χ3n) is 2.29. The van der Waals surface area contributed by atoms with Crippen LogP contribution < -0.4 is 5.32 Å². The number of hydrogen-bond acceptors (Lipinski definition) is 6. The summed E-state index contributed by atoms with van der Waals surface area (Å²) in [5, 5.41) is 5.80. The van der Waals surface area contributed by atoms with Crippen LogP contribution in [0.5, 0.6) is 0 Å². The smallest absolute Gasteiger partial charge is 0.274 e. The van der Waals surface area contributed by atoms with Gasteiger partial charge < -0.3 is 9.84 Å². The summed E-state index contributed by atoms with van der Waals surface area (Å²) < 4.78 is 4.75. The van der Waals surface area contributed by atoms with E-state index in [4.69, 9.17) is 4.52 Å². The number of amides is 1. The molecular formula is C10H8N2O4S. The lowest BCUT2D eigenvalue weighted by Crippen LogP contribution is -2.23. The highest BCUT2D eigenvalue weighted by atomic mass is 32.2. The number of fused-ring (bicyclic) bond motifs is 1. The van der Waals surface area contributed by atoms with E-state index in [-0.39, 0.29) is 21.9 Å². The third-order valence-corrected chi connectivity index (χ3v) is 3.03. The Bertz CT molecular complexity index is 559. The molecule has 1 heterocycles. The summed E-state index contributed by atoms with van der Waals surface area (Å²) in [4.78, 5) is 35.3. The van der Waals surface area contributed by atoms with Gasteiger partial charge in [-0.1, -0.05) is 5.16 Å². The Labute approximate surface area is 100 Å². The molecule has 0 saturated carbocycles. The summed E-state index contributed by atoms with van der Waals surface area (Å²) in [6.07, 6.45) is 2.86. The number of ketones is 2. The van der Waals surface area contributed by atoms with Crippen LogP contribution in [0.1, 0.15) is 31.4 Å². The molecule has 0 bridgehead atoms. The number of carbonyl (C=O) groups is 3. The SMILES string of the molecule is CNC(=O)c1noc2c1C(=O)C(SC)=CC2=O. The summed E-state index contributed by atoms with van der Waals surface area (Å²) in [6.45, 7) is 0. The number of nitrogens with one attached hydrogen (secondary N) is 1. The summed E-state index contributed by atoms with van der Waals surface area (Å²) in [5.74, 6) is -1.59. The van der Waals surface area contributed by atoms with E-state index in [1.807, 2.05) is 0 Å². The second kappa shape index (κ2) is 4.17. The Kier molecular flexibility index (Phi) is 2.84. The highest BCUT2D eigenvalue weighted by Crippen LogP contribution is 2.28. The number of Topliss-reactive ketones (excluding diaryl/α,β-unsaturated/α-hetero) is 1. The van der Waals surface area contributed by atoms with E-state index in [0.717, 1.165) is 11.8 Å². The van der Waals surface area contributed by atoms with E-state index in [0.29, 0.717) is 0 Å². The van der Waals surface area contributed by atoms with Gasteiger partial charge in [0.2, 0.25) is 17.3 Å². The lowest BCUT2D eigenvalue weighted by atomic mass is 10.00. The Morgan fingerprint density at radius 2 is 2.18 bits per heavy atom. The maximum atomic E-state index is 12.0. The van der Waals surface area contributed by atoms with Crippen molar-refractivity contribution in [1.82, 2.24) is 10.5 Å². The number of hydrogen-bond donors (Lipinski definition) is 1. The van der Waals surface area contributed by atoms with Crippen molar-refractivity contribution < 1.29 is 18.9 Å². The molecule has 1 aromatic rings. The van der Waals surface area contributed by atoms with Crippen LogP contribution >= 0.6 is 11.8 Å². The van der Waals surface area contributed by atoms with Crippen LogP contribution in [0.4, 0.5) is 0 Å². The van der Waals surface area contributed by atoms with Crippen molar-refractivity contribution in [3.63, 3.8) is 0 Å². The predicted molar refractivity (Wildman–Crippen MR) is 60.2 cm³/mol. The van der Waals surface area contributed by atoms with E-state index in [1.165, 1.54) is 13.1 Å². The molecule has 17 heavy (non-hydrogen) atoms. The van der Waals surface area contributed by atoms with Crippen LogP contribution in [0.15, 0.2) is 15.5 Å². The zero-order valence-electron chi connectivity index (χ0n) is 9.07. The molecule has 2 rings (SSSR count). The van der Waals surface area contributed by atoms with Gasteiger partial charge in [-0.3, -0.25) is 14.4 Å².